The first-order valence-electron chi connectivity index (χ1n) is 11.4. The second kappa shape index (κ2) is 9.61. The Morgan fingerprint density at radius 3 is 2.00 bits per heavy atom. The van der Waals surface area contributed by atoms with Crippen LogP contribution < -0.4 is 0 Å². The van der Waals surface area contributed by atoms with E-state index < -0.39 is 40.6 Å². The van der Waals surface area contributed by atoms with Crippen LogP contribution in [0.1, 0.15) is 79.9 Å². The van der Waals surface area contributed by atoms with Crippen LogP contribution >= 0.6 is 0 Å². The molecule has 7 heteroatoms. The summed E-state index contributed by atoms with van der Waals surface area (Å²) in [6.45, 7) is 5.92. The number of benzene rings is 2. The number of nitrogens with zero attached hydrogens (tertiary/aromatic N) is 1. The maximum Gasteiger partial charge on any atom is 0.417 e. The van der Waals surface area contributed by atoms with E-state index in [4.69, 9.17) is 4.74 Å². The number of nitriles is 1. The van der Waals surface area contributed by atoms with Crippen LogP contribution in [0.15, 0.2) is 48.5 Å². The summed E-state index contributed by atoms with van der Waals surface area (Å²) in [6.07, 6.45) is -1.48. The number of Topliss-reactive ketones (excluding diaryl/α,β-unsaturated/α-hetero) is 1. The molecule has 0 heterocycles. The molecule has 180 valence electrons. The highest BCUT2D eigenvalue weighted by molar-refractivity contribution is 6.20. The number of hydrogen-bond acceptors (Lipinski definition) is 4. The normalized spacial score (nSPS) is 16.9. The van der Waals surface area contributed by atoms with Crippen molar-refractivity contribution in [3.8, 4) is 6.07 Å². The predicted octanol–water partition coefficient (Wildman–Crippen LogP) is 6.52. The molecule has 1 unspecified atom stereocenters. The van der Waals surface area contributed by atoms with E-state index in [1.54, 1.807) is 18.2 Å². The molecule has 3 rings (SSSR count). The highest BCUT2D eigenvalue weighted by Gasteiger charge is 2.53. The molecule has 4 nitrogen and oxygen atoms in total. The Balaban J connectivity index is 2.16. The quantitative estimate of drug-likeness (QED) is 0.283. The highest BCUT2D eigenvalue weighted by atomic mass is 19.4. The lowest BCUT2D eigenvalue weighted by Crippen LogP contribution is -2.46. The zero-order valence-electron chi connectivity index (χ0n) is 19.5. The highest BCUT2D eigenvalue weighted by Crippen LogP contribution is 2.38. The SMILES string of the molecule is CC(C)(C)c1ccc(C(C#N)(C(=O)OC2CCCCC2)C(=O)c2ccccc2C(F)(F)F)cc1. The maximum atomic E-state index is 13.7. The minimum absolute atomic E-state index is 0.00853. The Labute approximate surface area is 197 Å². The second-order valence-electron chi connectivity index (χ2n) is 9.73. The summed E-state index contributed by atoms with van der Waals surface area (Å²) >= 11 is 0. The number of rotatable bonds is 5. The Kier molecular flexibility index (Phi) is 7.21. The molecule has 0 N–H and O–H groups in total. The zero-order chi connectivity index (χ0) is 25.1. The smallest absolute Gasteiger partial charge is 0.417 e. The van der Waals surface area contributed by atoms with Gasteiger partial charge in [-0.1, -0.05) is 69.7 Å². The van der Waals surface area contributed by atoms with Gasteiger partial charge < -0.3 is 4.74 Å². The van der Waals surface area contributed by atoms with Crippen LogP contribution in [0.5, 0.6) is 0 Å². The summed E-state index contributed by atoms with van der Waals surface area (Å²) in [5, 5.41) is 10.2. The van der Waals surface area contributed by atoms with Gasteiger partial charge in [-0.3, -0.25) is 4.79 Å². The Hall–Kier alpha value is -3.14. The van der Waals surface area contributed by atoms with Crippen molar-refractivity contribution in [3.63, 3.8) is 0 Å². The molecule has 1 aliphatic rings. The van der Waals surface area contributed by atoms with Crippen molar-refractivity contribution in [1.82, 2.24) is 0 Å². The van der Waals surface area contributed by atoms with Crippen molar-refractivity contribution >= 4 is 11.8 Å². The molecule has 0 bridgehead atoms. The van der Waals surface area contributed by atoms with Crippen LogP contribution in [-0.4, -0.2) is 17.9 Å². The molecule has 0 saturated heterocycles. The topological polar surface area (TPSA) is 67.2 Å². The molecule has 1 saturated carbocycles. The number of alkyl halides is 3. The van der Waals surface area contributed by atoms with Gasteiger partial charge in [0.2, 0.25) is 5.41 Å². The van der Waals surface area contributed by atoms with E-state index >= 15 is 0 Å². The molecule has 0 radical (unpaired) electrons. The van der Waals surface area contributed by atoms with Crippen LogP contribution in [0.25, 0.3) is 0 Å². The van der Waals surface area contributed by atoms with Crippen LogP contribution in [0, 0.1) is 11.3 Å². The van der Waals surface area contributed by atoms with Gasteiger partial charge in [0.1, 0.15) is 6.10 Å². The number of carbonyl (C=O) groups is 2. The van der Waals surface area contributed by atoms with Crippen molar-refractivity contribution < 1.29 is 27.5 Å². The number of ether oxygens (including phenoxy) is 1. The Morgan fingerprint density at radius 2 is 1.47 bits per heavy atom. The van der Waals surface area contributed by atoms with Crippen LogP contribution in [0.2, 0.25) is 0 Å². The van der Waals surface area contributed by atoms with Gasteiger partial charge in [0, 0.05) is 5.56 Å². The lowest BCUT2D eigenvalue weighted by molar-refractivity contribution is -0.153. The summed E-state index contributed by atoms with van der Waals surface area (Å²) < 4.78 is 46.7. The molecule has 2 aromatic carbocycles. The van der Waals surface area contributed by atoms with Crippen LogP contribution in [-0.2, 0) is 26.5 Å². The molecule has 0 spiro atoms. The lowest BCUT2D eigenvalue weighted by atomic mass is 9.73. The molecule has 34 heavy (non-hydrogen) atoms. The fourth-order valence-corrected chi connectivity index (χ4v) is 4.28. The molecule has 2 aromatic rings. The average molecular weight is 472 g/mol. The van der Waals surface area contributed by atoms with Gasteiger partial charge in [-0.15, -0.1) is 0 Å². The van der Waals surface area contributed by atoms with E-state index in [1.165, 1.54) is 18.2 Å². The van der Waals surface area contributed by atoms with E-state index in [9.17, 15) is 28.0 Å². The van der Waals surface area contributed by atoms with Gasteiger partial charge in [-0.2, -0.15) is 18.4 Å². The van der Waals surface area contributed by atoms with E-state index in [0.29, 0.717) is 12.8 Å². The predicted molar refractivity (Wildman–Crippen MR) is 121 cm³/mol. The van der Waals surface area contributed by atoms with Crippen molar-refractivity contribution in [3.05, 3.63) is 70.8 Å². The molecular weight excluding hydrogens is 443 g/mol. The Morgan fingerprint density at radius 1 is 0.912 bits per heavy atom. The average Bonchev–Trinajstić information content (AvgIpc) is 2.79. The fourth-order valence-electron chi connectivity index (χ4n) is 4.28. The first-order valence-corrected chi connectivity index (χ1v) is 11.4. The van der Waals surface area contributed by atoms with E-state index in [0.717, 1.165) is 43.0 Å². The molecule has 0 amide bonds. The van der Waals surface area contributed by atoms with Gasteiger partial charge in [-0.25, -0.2) is 4.79 Å². The number of ketones is 1. The first-order chi connectivity index (χ1) is 15.9. The van der Waals surface area contributed by atoms with Crippen LogP contribution in [0.3, 0.4) is 0 Å². The summed E-state index contributed by atoms with van der Waals surface area (Å²) in [7, 11) is 0. The largest absolute Gasteiger partial charge is 0.461 e. The van der Waals surface area contributed by atoms with Crippen molar-refractivity contribution in [2.45, 2.75) is 76.0 Å². The maximum absolute atomic E-state index is 13.7. The molecule has 1 aliphatic carbocycles. The van der Waals surface area contributed by atoms with Gasteiger partial charge >= 0.3 is 12.1 Å². The number of halogens is 3. The van der Waals surface area contributed by atoms with Crippen molar-refractivity contribution in [2.75, 3.05) is 0 Å². The minimum Gasteiger partial charge on any atom is -0.461 e. The Bertz CT molecular complexity index is 1090. The summed E-state index contributed by atoms with van der Waals surface area (Å²) in [6, 6.07) is 12.2. The van der Waals surface area contributed by atoms with E-state index in [1.807, 2.05) is 20.8 Å². The summed E-state index contributed by atoms with van der Waals surface area (Å²) in [4.78, 5) is 27.2. The monoisotopic (exact) mass is 471 g/mol. The number of hydrogen-bond donors (Lipinski definition) is 0. The van der Waals surface area contributed by atoms with Gasteiger partial charge in [0.25, 0.3) is 0 Å². The zero-order valence-corrected chi connectivity index (χ0v) is 19.5. The number of carbonyl (C=O) groups excluding carboxylic acids is 2. The first kappa shape index (κ1) is 25.5. The summed E-state index contributed by atoms with van der Waals surface area (Å²) in [5.41, 5.74) is -3.87. The third-order valence-electron chi connectivity index (χ3n) is 6.30. The third-order valence-corrected chi connectivity index (χ3v) is 6.30. The van der Waals surface area contributed by atoms with Crippen LogP contribution in [0.4, 0.5) is 13.2 Å². The standard InChI is InChI=1S/C27H28F3NO3/c1-25(2,3)18-13-15-19(16-14-18)26(17-31,24(33)34-20-9-5-4-6-10-20)23(32)21-11-7-8-12-22(21)27(28,29)30/h7-8,11-16,20H,4-6,9-10H2,1-3H3. The molecule has 0 aromatic heterocycles. The fraction of sp³-hybridized carbons (Fsp3) is 0.444. The minimum atomic E-state index is -4.84. The molecule has 1 fully saturated rings. The van der Waals surface area contributed by atoms with Gasteiger partial charge in [0.05, 0.1) is 11.6 Å². The third kappa shape index (κ3) is 5.01. The van der Waals surface area contributed by atoms with Gasteiger partial charge in [-0.05, 0) is 48.3 Å². The molecular formula is C27H28F3NO3. The van der Waals surface area contributed by atoms with Gasteiger partial charge in [0.15, 0.2) is 5.78 Å². The van der Waals surface area contributed by atoms with Crippen molar-refractivity contribution in [2.24, 2.45) is 0 Å². The lowest BCUT2D eigenvalue weighted by Gasteiger charge is -2.29. The molecule has 0 aliphatic heterocycles. The second-order valence-corrected chi connectivity index (χ2v) is 9.73. The summed E-state index contributed by atoms with van der Waals surface area (Å²) in [5.74, 6) is -2.38. The van der Waals surface area contributed by atoms with Crippen molar-refractivity contribution in [1.29, 1.82) is 5.26 Å². The van der Waals surface area contributed by atoms with E-state index in [-0.39, 0.29) is 11.0 Å². The molecule has 1 atom stereocenters. The van der Waals surface area contributed by atoms with E-state index in [2.05, 4.69) is 0 Å². The number of esters is 1.